The summed E-state index contributed by atoms with van der Waals surface area (Å²) in [7, 11) is 0. The number of aromatic nitrogens is 1. The minimum atomic E-state index is -0.388. The number of carbonyl (C=O) groups is 2. The zero-order chi connectivity index (χ0) is 19.1. The summed E-state index contributed by atoms with van der Waals surface area (Å²) in [6.07, 6.45) is 0.194. The van der Waals surface area contributed by atoms with E-state index in [1.54, 1.807) is 0 Å². The lowest BCUT2D eigenvalue weighted by Gasteiger charge is -2.25. The van der Waals surface area contributed by atoms with Crippen molar-refractivity contribution in [3.63, 3.8) is 0 Å². The largest absolute Gasteiger partial charge is 0.379 e. The monoisotopic (exact) mass is 391 g/mol. The number of halogens is 1. The van der Waals surface area contributed by atoms with Crippen molar-refractivity contribution in [3.05, 3.63) is 51.7 Å². The second-order valence-corrected chi connectivity index (χ2v) is 7.27. The van der Waals surface area contributed by atoms with Crippen LogP contribution in [0.25, 0.3) is 0 Å². The Labute approximate surface area is 161 Å². The summed E-state index contributed by atoms with van der Waals surface area (Å²) in [6.45, 7) is 4.47. The molecule has 1 aromatic heterocycles. The molecular formula is C19H22FN3O3S. The quantitative estimate of drug-likeness (QED) is 0.700. The smallest absolute Gasteiger partial charge is 0.220 e. The van der Waals surface area contributed by atoms with Gasteiger partial charge in [0, 0.05) is 43.4 Å². The highest BCUT2D eigenvalue weighted by molar-refractivity contribution is 7.09. The molecule has 0 unspecified atom stereocenters. The summed E-state index contributed by atoms with van der Waals surface area (Å²) >= 11 is 1.52. The first kappa shape index (κ1) is 19.6. The van der Waals surface area contributed by atoms with Crippen molar-refractivity contribution >= 4 is 23.0 Å². The zero-order valence-corrected chi connectivity index (χ0v) is 15.8. The average molecular weight is 391 g/mol. The van der Waals surface area contributed by atoms with Crippen LogP contribution in [0.15, 0.2) is 29.6 Å². The van der Waals surface area contributed by atoms with Gasteiger partial charge in [0.15, 0.2) is 5.78 Å². The van der Waals surface area contributed by atoms with E-state index >= 15 is 0 Å². The van der Waals surface area contributed by atoms with E-state index in [9.17, 15) is 14.0 Å². The van der Waals surface area contributed by atoms with E-state index in [1.165, 1.54) is 35.6 Å². The fourth-order valence-corrected chi connectivity index (χ4v) is 3.49. The maximum Gasteiger partial charge on any atom is 0.220 e. The molecule has 0 saturated carbocycles. The molecule has 0 radical (unpaired) electrons. The number of thiazole rings is 1. The molecule has 1 N–H and O–H groups in total. The zero-order valence-electron chi connectivity index (χ0n) is 14.9. The van der Waals surface area contributed by atoms with Gasteiger partial charge in [-0.2, -0.15) is 0 Å². The molecular weight excluding hydrogens is 369 g/mol. The van der Waals surface area contributed by atoms with Gasteiger partial charge in [0.1, 0.15) is 10.8 Å². The third-order valence-electron chi connectivity index (χ3n) is 4.27. The molecule has 144 valence electrons. The molecule has 1 aliphatic heterocycles. The molecule has 0 bridgehead atoms. The van der Waals surface area contributed by atoms with Crippen molar-refractivity contribution in [2.24, 2.45) is 0 Å². The minimum Gasteiger partial charge on any atom is -0.379 e. The van der Waals surface area contributed by atoms with Crippen molar-refractivity contribution in [2.45, 2.75) is 25.9 Å². The fourth-order valence-electron chi connectivity index (χ4n) is 2.76. The Bertz CT molecular complexity index is 773. The maximum absolute atomic E-state index is 12.9. The number of morpholine rings is 1. The predicted molar refractivity (Wildman–Crippen MR) is 100 cm³/mol. The lowest BCUT2D eigenvalue weighted by molar-refractivity contribution is -0.121. The molecule has 1 aliphatic rings. The van der Waals surface area contributed by atoms with Gasteiger partial charge in [0.05, 0.1) is 25.5 Å². The van der Waals surface area contributed by atoms with Crippen LogP contribution in [0.2, 0.25) is 0 Å². The normalized spacial score (nSPS) is 14.9. The van der Waals surface area contributed by atoms with Crippen molar-refractivity contribution in [3.8, 4) is 0 Å². The summed E-state index contributed by atoms with van der Waals surface area (Å²) in [5.74, 6) is -0.761. The first-order valence-electron chi connectivity index (χ1n) is 8.89. The van der Waals surface area contributed by atoms with Crippen molar-refractivity contribution in [1.29, 1.82) is 0 Å². The second-order valence-electron chi connectivity index (χ2n) is 6.33. The molecule has 0 atom stereocenters. The van der Waals surface area contributed by atoms with Gasteiger partial charge in [0.25, 0.3) is 0 Å². The van der Waals surface area contributed by atoms with Crippen LogP contribution >= 0.6 is 11.3 Å². The van der Waals surface area contributed by atoms with Gasteiger partial charge in [-0.1, -0.05) is 0 Å². The molecule has 1 fully saturated rings. The summed E-state index contributed by atoms with van der Waals surface area (Å²) in [6, 6.07) is 5.34. The highest BCUT2D eigenvalue weighted by Gasteiger charge is 2.13. The molecule has 6 nitrogen and oxygen atoms in total. The van der Waals surface area contributed by atoms with E-state index in [0.717, 1.165) is 43.5 Å². The van der Waals surface area contributed by atoms with Gasteiger partial charge >= 0.3 is 0 Å². The number of nitrogens with one attached hydrogen (secondary N) is 1. The number of rotatable bonds is 8. The highest BCUT2D eigenvalue weighted by Crippen LogP contribution is 2.13. The standard InChI is InChI=1S/C19H22FN3O3S/c20-15-3-1-14(2-4-15)17(24)5-6-18(25)21-11-19-22-16(13-27-19)12-23-7-9-26-10-8-23/h1-4,13H,5-12H2,(H,21,25). The molecule has 0 spiro atoms. The van der Waals surface area contributed by atoms with Crippen LogP contribution in [0.3, 0.4) is 0 Å². The molecule has 3 rings (SSSR count). The Morgan fingerprint density at radius 1 is 1.19 bits per heavy atom. The van der Waals surface area contributed by atoms with Crippen molar-refractivity contribution < 1.29 is 18.7 Å². The Hall–Kier alpha value is -2.16. The number of hydrogen-bond donors (Lipinski definition) is 1. The number of carbonyl (C=O) groups excluding carboxylic acids is 2. The lowest BCUT2D eigenvalue weighted by atomic mass is 10.1. The number of Topliss-reactive ketones (excluding diaryl/α,β-unsaturated/α-hetero) is 1. The third kappa shape index (κ3) is 6.20. The van der Waals surface area contributed by atoms with Crippen LogP contribution in [0.4, 0.5) is 4.39 Å². The minimum absolute atomic E-state index is 0.0949. The average Bonchev–Trinajstić information content (AvgIpc) is 3.13. The number of benzene rings is 1. The molecule has 2 aromatic rings. The van der Waals surface area contributed by atoms with E-state index in [4.69, 9.17) is 4.74 Å². The number of nitrogens with zero attached hydrogens (tertiary/aromatic N) is 2. The van der Waals surface area contributed by atoms with E-state index in [0.29, 0.717) is 12.1 Å². The Kier molecular flexibility index (Phi) is 7.03. The molecule has 8 heteroatoms. The van der Waals surface area contributed by atoms with Crippen LogP contribution in [-0.4, -0.2) is 47.9 Å². The van der Waals surface area contributed by atoms with Crippen molar-refractivity contribution in [2.75, 3.05) is 26.3 Å². The topological polar surface area (TPSA) is 71.5 Å². The summed E-state index contributed by atoms with van der Waals surface area (Å²) in [5, 5.41) is 5.65. The second kappa shape index (κ2) is 9.68. The fraction of sp³-hybridized carbons (Fsp3) is 0.421. The van der Waals surface area contributed by atoms with Crippen LogP contribution in [0.5, 0.6) is 0 Å². The van der Waals surface area contributed by atoms with E-state index in [2.05, 4.69) is 15.2 Å². The van der Waals surface area contributed by atoms with Gasteiger partial charge < -0.3 is 10.1 Å². The predicted octanol–water partition coefficient (Wildman–Crippen LogP) is 2.39. The molecule has 1 aromatic carbocycles. The number of ether oxygens (including phenoxy) is 1. The summed E-state index contributed by atoms with van der Waals surface area (Å²) in [4.78, 5) is 30.8. The maximum atomic E-state index is 12.9. The van der Waals surface area contributed by atoms with E-state index < -0.39 is 0 Å². The van der Waals surface area contributed by atoms with Gasteiger partial charge in [-0.25, -0.2) is 9.37 Å². The summed E-state index contributed by atoms with van der Waals surface area (Å²) in [5.41, 5.74) is 1.41. The number of amides is 1. The molecule has 27 heavy (non-hydrogen) atoms. The SMILES string of the molecule is O=C(CCC(=O)c1ccc(F)cc1)NCc1nc(CN2CCOCC2)cs1. The van der Waals surface area contributed by atoms with Gasteiger partial charge in [-0.05, 0) is 24.3 Å². The molecule has 1 saturated heterocycles. The van der Waals surface area contributed by atoms with Crippen LogP contribution in [-0.2, 0) is 22.6 Å². The first-order chi connectivity index (χ1) is 13.1. The Balaban J connectivity index is 1.38. The van der Waals surface area contributed by atoms with Crippen LogP contribution < -0.4 is 5.32 Å². The summed E-state index contributed by atoms with van der Waals surface area (Å²) < 4.78 is 18.2. The van der Waals surface area contributed by atoms with Crippen molar-refractivity contribution in [1.82, 2.24) is 15.2 Å². The van der Waals surface area contributed by atoms with Gasteiger partial charge in [-0.3, -0.25) is 14.5 Å². The first-order valence-corrected chi connectivity index (χ1v) is 9.77. The van der Waals surface area contributed by atoms with Gasteiger partial charge in [0.2, 0.25) is 5.91 Å². The molecule has 1 amide bonds. The third-order valence-corrected chi connectivity index (χ3v) is 5.17. The Morgan fingerprint density at radius 2 is 1.93 bits per heavy atom. The Morgan fingerprint density at radius 3 is 2.67 bits per heavy atom. The van der Waals surface area contributed by atoms with E-state index in [-0.39, 0.29) is 30.3 Å². The number of ketones is 1. The van der Waals surface area contributed by atoms with Crippen LogP contribution in [0.1, 0.15) is 33.9 Å². The molecule has 0 aliphatic carbocycles. The highest BCUT2D eigenvalue weighted by atomic mass is 32.1. The lowest BCUT2D eigenvalue weighted by Crippen LogP contribution is -2.35. The van der Waals surface area contributed by atoms with Gasteiger partial charge in [-0.15, -0.1) is 11.3 Å². The van der Waals surface area contributed by atoms with E-state index in [1.807, 2.05) is 5.38 Å². The molecule has 2 heterocycles. The van der Waals surface area contributed by atoms with Crippen LogP contribution in [0, 0.1) is 5.82 Å². The number of hydrogen-bond acceptors (Lipinski definition) is 6.